The number of rotatable bonds is 6. The zero-order valence-corrected chi connectivity index (χ0v) is 11.6. The molecule has 0 aliphatic rings. The standard InChI is InChI=1S/C11H19BrN2O2/c1-4-6-14-10(9(12)7-13-14)11(3,15)8-16-5-2/h7,15H,4-6,8H2,1-3H3. The number of hydrogen-bond donors (Lipinski definition) is 1. The van der Waals surface area contributed by atoms with Crippen LogP contribution in [0.3, 0.4) is 0 Å². The maximum atomic E-state index is 10.4. The van der Waals surface area contributed by atoms with Crippen molar-refractivity contribution in [2.45, 2.75) is 39.3 Å². The number of ether oxygens (including phenoxy) is 1. The average Bonchev–Trinajstić information content (AvgIpc) is 2.58. The van der Waals surface area contributed by atoms with Gasteiger partial charge in [0.15, 0.2) is 0 Å². The molecular weight excluding hydrogens is 272 g/mol. The summed E-state index contributed by atoms with van der Waals surface area (Å²) in [5, 5.41) is 14.6. The predicted molar refractivity (Wildman–Crippen MR) is 66.3 cm³/mol. The van der Waals surface area contributed by atoms with Gasteiger partial charge in [-0.05, 0) is 36.2 Å². The first-order valence-corrected chi connectivity index (χ1v) is 6.34. The molecule has 5 heteroatoms. The van der Waals surface area contributed by atoms with Crippen molar-refractivity contribution < 1.29 is 9.84 Å². The second-order valence-corrected chi connectivity index (χ2v) is 4.83. The van der Waals surface area contributed by atoms with Crippen molar-refractivity contribution >= 4 is 15.9 Å². The first kappa shape index (κ1) is 13.7. The maximum absolute atomic E-state index is 10.4. The van der Waals surface area contributed by atoms with Crippen LogP contribution < -0.4 is 0 Å². The molecule has 16 heavy (non-hydrogen) atoms. The summed E-state index contributed by atoms with van der Waals surface area (Å²) >= 11 is 3.42. The highest BCUT2D eigenvalue weighted by atomic mass is 79.9. The van der Waals surface area contributed by atoms with Gasteiger partial charge in [-0.3, -0.25) is 4.68 Å². The molecular formula is C11H19BrN2O2. The molecule has 0 radical (unpaired) electrons. The summed E-state index contributed by atoms with van der Waals surface area (Å²) in [5.41, 5.74) is -0.233. The number of aryl methyl sites for hydroxylation is 1. The summed E-state index contributed by atoms with van der Waals surface area (Å²) in [4.78, 5) is 0. The van der Waals surface area contributed by atoms with Gasteiger partial charge in [-0.25, -0.2) is 0 Å². The van der Waals surface area contributed by atoms with E-state index in [1.165, 1.54) is 0 Å². The third kappa shape index (κ3) is 3.06. The molecule has 0 aliphatic heterocycles. The highest BCUT2D eigenvalue weighted by molar-refractivity contribution is 9.10. The first-order chi connectivity index (χ1) is 7.53. The van der Waals surface area contributed by atoms with E-state index in [0.29, 0.717) is 6.61 Å². The minimum Gasteiger partial charge on any atom is -0.381 e. The molecule has 4 nitrogen and oxygen atoms in total. The Bertz CT molecular complexity index is 337. The van der Waals surface area contributed by atoms with Crippen LogP contribution in [0, 0.1) is 0 Å². The Morgan fingerprint density at radius 1 is 1.56 bits per heavy atom. The molecule has 1 atom stereocenters. The highest BCUT2D eigenvalue weighted by Gasteiger charge is 2.30. The highest BCUT2D eigenvalue weighted by Crippen LogP contribution is 2.28. The number of hydrogen-bond acceptors (Lipinski definition) is 3. The van der Waals surface area contributed by atoms with Gasteiger partial charge < -0.3 is 9.84 Å². The fourth-order valence-electron chi connectivity index (χ4n) is 1.65. The average molecular weight is 291 g/mol. The van der Waals surface area contributed by atoms with Crippen LogP contribution in [-0.2, 0) is 16.9 Å². The SMILES string of the molecule is CCCn1ncc(Br)c1C(C)(O)COCC. The van der Waals surface area contributed by atoms with E-state index in [-0.39, 0.29) is 6.61 Å². The summed E-state index contributed by atoms with van der Waals surface area (Å²) in [6.45, 7) is 7.40. The smallest absolute Gasteiger partial charge is 0.128 e. The van der Waals surface area contributed by atoms with Gasteiger partial charge in [0, 0.05) is 13.2 Å². The van der Waals surface area contributed by atoms with Crippen molar-refractivity contribution in [3.05, 3.63) is 16.4 Å². The van der Waals surface area contributed by atoms with Gasteiger partial charge in [-0.15, -0.1) is 0 Å². The van der Waals surface area contributed by atoms with Gasteiger partial charge in [0.2, 0.25) is 0 Å². The van der Waals surface area contributed by atoms with Crippen LogP contribution in [0.15, 0.2) is 10.7 Å². The van der Waals surface area contributed by atoms with Gasteiger partial charge in [-0.2, -0.15) is 5.10 Å². The molecule has 1 heterocycles. The molecule has 92 valence electrons. The number of nitrogens with zero attached hydrogens (tertiary/aromatic N) is 2. The summed E-state index contributed by atoms with van der Waals surface area (Å²) in [6.07, 6.45) is 2.69. The van der Waals surface area contributed by atoms with E-state index >= 15 is 0 Å². The lowest BCUT2D eigenvalue weighted by Gasteiger charge is -2.24. The lowest BCUT2D eigenvalue weighted by molar-refractivity contribution is -0.0406. The van der Waals surface area contributed by atoms with Gasteiger partial charge in [0.05, 0.1) is 23.0 Å². The van der Waals surface area contributed by atoms with E-state index in [4.69, 9.17) is 4.74 Å². The minimum atomic E-state index is -1.01. The fraction of sp³-hybridized carbons (Fsp3) is 0.727. The van der Waals surface area contributed by atoms with Crippen molar-refractivity contribution in [2.75, 3.05) is 13.2 Å². The molecule has 1 unspecified atom stereocenters. The van der Waals surface area contributed by atoms with Crippen LogP contribution >= 0.6 is 15.9 Å². The van der Waals surface area contributed by atoms with E-state index in [1.807, 2.05) is 11.6 Å². The van der Waals surface area contributed by atoms with Gasteiger partial charge in [0.25, 0.3) is 0 Å². The number of aromatic nitrogens is 2. The normalized spacial score (nSPS) is 15.1. The number of halogens is 1. The van der Waals surface area contributed by atoms with E-state index in [9.17, 15) is 5.11 Å². The van der Waals surface area contributed by atoms with Crippen LogP contribution in [0.2, 0.25) is 0 Å². The van der Waals surface area contributed by atoms with Crippen LogP contribution in [0.4, 0.5) is 0 Å². The Morgan fingerprint density at radius 3 is 2.81 bits per heavy atom. The van der Waals surface area contributed by atoms with E-state index in [2.05, 4.69) is 28.0 Å². The summed E-state index contributed by atoms with van der Waals surface area (Å²) in [7, 11) is 0. The second kappa shape index (κ2) is 5.80. The van der Waals surface area contributed by atoms with Crippen molar-refractivity contribution in [1.29, 1.82) is 0 Å². The van der Waals surface area contributed by atoms with Crippen LogP contribution in [0.1, 0.15) is 32.9 Å². The van der Waals surface area contributed by atoms with Crippen LogP contribution in [0.5, 0.6) is 0 Å². The Labute approximate surface area is 105 Å². The molecule has 1 rings (SSSR count). The van der Waals surface area contributed by atoms with E-state index in [1.54, 1.807) is 13.1 Å². The monoisotopic (exact) mass is 290 g/mol. The molecule has 0 spiro atoms. The van der Waals surface area contributed by atoms with Crippen molar-refractivity contribution in [1.82, 2.24) is 9.78 Å². The van der Waals surface area contributed by atoms with Gasteiger partial charge in [-0.1, -0.05) is 6.92 Å². The molecule has 1 N–H and O–H groups in total. The first-order valence-electron chi connectivity index (χ1n) is 5.54. The van der Waals surface area contributed by atoms with Crippen LogP contribution in [-0.4, -0.2) is 28.1 Å². The van der Waals surface area contributed by atoms with Gasteiger partial charge >= 0.3 is 0 Å². The summed E-state index contributed by atoms with van der Waals surface area (Å²) < 4.78 is 7.95. The fourth-order valence-corrected chi connectivity index (χ4v) is 2.37. The topological polar surface area (TPSA) is 47.3 Å². The third-order valence-corrected chi connectivity index (χ3v) is 2.91. The van der Waals surface area contributed by atoms with E-state index < -0.39 is 5.60 Å². The van der Waals surface area contributed by atoms with Crippen molar-refractivity contribution in [3.63, 3.8) is 0 Å². The number of aliphatic hydroxyl groups is 1. The molecule has 0 aromatic carbocycles. The Balaban J connectivity index is 2.95. The Kier molecular flexibility index (Phi) is 4.95. The molecule has 0 amide bonds. The third-order valence-electron chi connectivity index (χ3n) is 2.33. The molecule has 0 bridgehead atoms. The second-order valence-electron chi connectivity index (χ2n) is 3.98. The lowest BCUT2D eigenvalue weighted by atomic mass is 10.0. The molecule has 1 aromatic heterocycles. The quantitative estimate of drug-likeness (QED) is 0.875. The van der Waals surface area contributed by atoms with Crippen LogP contribution in [0.25, 0.3) is 0 Å². The zero-order valence-electron chi connectivity index (χ0n) is 10.0. The van der Waals surface area contributed by atoms with Gasteiger partial charge in [0.1, 0.15) is 5.60 Å². The Morgan fingerprint density at radius 2 is 2.25 bits per heavy atom. The summed E-state index contributed by atoms with van der Waals surface area (Å²) in [5.74, 6) is 0. The molecule has 1 aromatic rings. The Hall–Kier alpha value is -0.390. The molecule has 0 aliphatic carbocycles. The summed E-state index contributed by atoms with van der Waals surface area (Å²) in [6, 6.07) is 0. The molecule has 0 saturated heterocycles. The lowest BCUT2D eigenvalue weighted by Crippen LogP contribution is -2.31. The molecule has 0 saturated carbocycles. The largest absolute Gasteiger partial charge is 0.381 e. The predicted octanol–water partition coefficient (Wildman–Crippen LogP) is 2.30. The van der Waals surface area contributed by atoms with Crippen molar-refractivity contribution in [2.24, 2.45) is 0 Å². The van der Waals surface area contributed by atoms with E-state index in [0.717, 1.165) is 23.1 Å². The molecule has 0 fully saturated rings. The minimum absolute atomic E-state index is 0.275. The zero-order chi connectivity index (χ0) is 12.2. The maximum Gasteiger partial charge on any atom is 0.128 e. The van der Waals surface area contributed by atoms with Crippen molar-refractivity contribution in [3.8, 4) is 0 Å².